The van der Waals surface area contributed by atoms with Crippen molar-refractivity contribution in [3.05, 3.63) is 0 Å². The van der Waals surface area contributed by atoms with Crippen LogP contribution in [0.15, 0.2) is 9.98 Å². The van der Waals surface area contributed by atoms with Crippen molar-refractivity contribution in [2.75, 3.05) is 25.1 Å². The summed E-state index contributed by atoms with van der Waals surface area (Å²) in [6, 6.07) is -4.09. The lowest BCUT2D eigenvalue weighted by molar-refractivity contribution is -0.142. The van der Waals surface area contributed by atoms with E-state index in [1.165, 1.54) is 18.7 Å². The summed E-state index contributed by atoms with van der Waals surface area (Å²) in [6.45, 7) is 1.91. The summed E-state index contributed by atoms with van der Waals surface area (Å²) in [6.07, 6.45) is 3.02. The molecule has 0 saturated carbocycles. The van der Waals surface area contributed by atoms with E-state index in [1.807, 2.05) is 6.26 Å². The first kappa shape index (κ1) is 32.7. The second kappa shape index (κ2) is 18.1. The first-order valence-corrected chi connectivity index (χ1v) is 12.8. The van der Waals surface area contributed by atoms with Crippen molar-refractivity contribution in [2.45, 2.75) is 63.2 Å². The molecular formula is C20H40N10O5S. The van der Waals surface area contributed by atoms with Gasteiger partial charge in [-0.05, 0) is 51.0 Å². The van der Waals surface area contributed by atoms with Gasteiger partial charge >= 0.3 is 5.97 Å². The SMILES string of the molecule is CSCCC(NC(=O)C(CCCN=C(N)N)NC(=O)C(C)N)C(=O)NC(CCCN=C(N)N)C(=O)O. The number of rotatable bonds is 18. The van der Waals surface area contributed by atoms with Gasteiger partial charge in [-0.2, -0.15) is 11.8 Å². The number of carboxylic acid groups (broad SMARTS) is 1. The van der Waals surface area contributed by atoms with Crippen LogP contribution in [0.5, 0.6) is 0 Å². The molecule has 4 unspecified atom stereocenters. The highest BCUT2D eigenvalue weighted by atomic mass is 32.2. The van der Waals surface area contributed by atoms with E-state index in [0.29, 0.717) is 18.6 Å². The molecule has 15 nitrogen and oxygen atoms in total. The van der Waals surface area contributed by atoms with Gasteiger partial charge in [0.15, 0.2) is 11.9 Å². The maximum absolute atomic E-state index is 13.0. The Balaban J connectivity index is 5.41. The van der Waals surface area contributed by atoms with Gasteiger partial charge in [-0.1, -0.05) is 0 Å². The topological polar surface area (TPSA) is 279 Å². The molecule has 0 rings (SSSR count). The maximum atomic E-state index is 13.0. The van der Waals surface area contributed by atoms with E-state index in [1.54, 1.807) is 0 Å². The van der Waals surface area contributed by atoms with Gasteiger partial charge in [0.1, 0.15) is 18.1 Å². The molecule has 0 saturated heterocycles. The molecule has 3 amide bonds. The van der Waals surface area contributed by atoms with Crippen LogP contribution >= 0.6 is 11.8 Å². The first-order valence-electron chi connectivity index (χ1n) is 11.4. The van der Waals surface area contributed by atoms with Crippen LogP contribution in [-0.4, -0.2) is 90.0 Å². The molecule has 36 heavy (non-hydrogen) atoms. The highest BCUT2D eigenvalue weighted by Gasteiger charge is 2.29. The summed E-state index contributed by atoms with van der Waals surface area (Å²) in [7, 11) is 0. The Kier molecular flexibility index (Phi) is 16.4. The van der Waals surface area contributed by atoms with Crippen molar-refractivity contribution in [1.82, 2.24) is 16.0 Å². The number of carboxylic acids is 1. The standard InChI is InChI=1S/C20H40N10O5S/c1-11(21)15(31)28-12(5-3-8-26-19(22)23)16(32)29-13(7-10-36-2)17(33)30-14(18(34)35)6-4-9-27-20(24)25/h11-14H,3-10,21H2,1-2H3,(H,28,31)(H,29,32)(H,30,33)(H,34,35)(H4,22,23,26)(H4,24,25,27). The minimum atomic E-state index is -1.23. The predicted molar refractivity (Wildman–Crippen MR) is 140 cm³/mol. The monoisotopic (exact) mass is 532 g/mol. The third-order valence-corrected chi connectivity index (χ3v) is 5.44. The van der Waals surface area contributed by atoms with Crippen molar-refractivity contribution < 1.29 is 24.3 Å². The first-order chi connectivity index (χ1) is 16.9. The fourth-order valence-corrected chi connectivity index (χ4v) is 3.36. The number of hydrogen-bond acceptors (Lipinski definition) is 8. The molecule has 0 bridgehead atoms. The Bertz CT molecular complexity index is 785. The molecule has 16 heteroatoms. The van der Waals surface area contributed by atoms with Gasteiger partial charge in [-0.15, -0.1) is 0 Å². The summed E-state index contributed by atoms with van der Waals surface area (Å²) < 4.78 is 0. The molecule has 0 aromatic rings. The molecule has 4 atom stereocenters. The average molecular weight is 533 g/mol. The normalized spacial score (nSPS) is 13.9. The van der Waals surface area contributed by atoms with Crippen LogP contribution in [0.25, 0.3) is 0 Å². The predicted octanol–water partition coefficient (Wildman–Crippen LogP) is -3.27. The van der Waals surface area contributed by atoms with Crippen LogP contribution in [0.1, 0.15) is 39.0 Å². The Morgan fingerprint density at radius 3 is 1.61 bits per heavy atom. The molecule has 0 heterocycles. The van der Waals surface area contributed by atoms with E-state index in [0.717, 1.165) is 0 Å². The Morgan fingerprint density at radius 2 is 1.19 bits per heavy atom. The van der Waals surface area contributed by atoms with Gasteiger partial charge in [-0.3, -0.25) is 24.4 Å². The lowest BCUT2D eigenvalue weighted by Crippen LogP contribution is -2.57. The van der Waals surface area contributed by atoms with Gasteiger partial charge in [0.25, 0.3) is 0 Å². The van der Waals surface area contributed by atoms with Crippen LogP contribution in [0.2, 0.25) is 0 Å². The van der Waals surface area contributed by atoms with E-state index in [9.17, 15) is 24.3 Å². The lowest BCUT2D eigenvalue weighted by Gasteiger charge is -2.25. The van der Waals surface area contributed by atoms with Crippen molar-refractivity contribution in [1.29, 1.82) is 0 Å². The Morgan fingerprint density at radius 1 is 0.778 bits per heavy atom. The van der Waals surface area contributed by atoms with Gasteiger partial charge in [0.05, 0.1) is 6.04 Å². The molecular weight excluding hydrogens is 492 g/mol. The average Bonchev–Trinajstić information content (AvgIpc) is 2.79. The molecule has 0 aliphatic rings. The number of carbonyl (C=O) groups is 4. The Hall–Kier alpha value is -3.27. The number of amides is 3. The molecule has 0 aliphatic heterocycles. The van der Waals surface area contributed by atoms with Crippen LogP contribution < -0.4 is 44.6 Å². The van der Waals surface area contributed by atoms with Crippen LogP contribution in [0.4, 0.5) is 0 Å². The van der Waals surface area contributed by atoms with Crippen LogP contribution in [-0.2, 0) is 19.2 Å². The minimum Gasteiger partial charge on any atom is -0.480 e. The fourth-order valence-electron chi connectivity index (χ4n) is 2.89. The fraction of sp³-hybridized carbons (Fsp3) is 0.700. The van der Waals surface area contributed by atoms with Crippen molar-refractivity contribution in [3.8, 4) is 0 Å². The number of aliphatic imine (C=N–C) groups is 2. The molecule has 0 aliphatic carbocycles. The Labute approximate surface area is 214 Å². The number of aliphatic carboxylic acids is 1. The summed E-state index contributed by atoms with van der Waals surface area (Å²) in [5.41, 5.74) is 26.7. The second-order valence-electron chi connectivity index (χ2n) is 7.99. The zero-order valence-electron chi connectivity index (χ0n) is 20.7. The molecule has 14 N–H and O–H groups in total. The number of guanidine groups is 2. The van der Waals surface area contributed by atoms with E-state index in [2.05, 4.69) is 25.9 Å². The number of nitrogens with zero attached hydrogens (tertiary/aromatic N) is 2. The summed E-state index contributed by atoms with van der Waals surface area (Å²) in [4.78, 5) is 57.3. The van der Waals surface area contributed by atoms with Gasteiger partial charge in [0.2, 0.25) is 17.7 Å². The highest BCUT2D eigenvalue weighted by Crippen LogP contribution is 2.06. The largest absolute Gasteiger partial charge is 0.480 e. The van der Waals surface area contributed by atoms with Gasteiger partial charge in [-0.25, -0.2) is 4.79 Å². The summed E-state index contributed by atoms with van der Waals surface area (Å²) in [5.74, 6) is -2.76. The second-order valence-corrected chi connectivity index (χ2v) is 8.98. The van der Waals surface area contributed by atoms with Crippen LogP contribution in [0.3, 0.4) is 0 Å². The maximum Gasteiger partial charge on any atom is 0.326 e. The van der Waals surface area contributed by atoms with E-state index >= 15 is 0 Å². The number of nitrogens with two attached hydrogens (primary N) is 5. The zero-order valence-corrected chi connectivity index (χ0v) is 21.6. The van der Waals surface area contributed by atoms with E-state index < -0.39 is 47.9 Å². The molecule has 0 fully saturated rings. The quantitative estimate of drug-likeness (QED) is 0.0479. The van der Waals surface area contributed by atoms with Gasteiger partial charge < -0.3 is 49.7 Å². The van der Waals surface area contributed by atoms with Crippen molar-refractivity contribution >= 4 is 47.4 Å². The molecule has 0 aromatic carbocycles. The molecule has 0 spiro atoms. The zero-order chi connectivity index (χ0) is 27.7. The van der Waals surface area contributed by atoms with E-state index in [4.69, 9.17) is 28.7 Å². The number of hydrogen-bond donors (Lipinski definition) is 9. The number of carbonyl (C=O) groups excluding carboxylic acids is 3. The third kappa shape index (κ3) is 14.9. The van der Waals surface area contributed by atoms with Gasteiger partial charge in [0, 0.05) is 13.1 Å². The smallest absolute Gasteiger partial charge is 0.326 e. The number of nitrogens with one attached hydrogen (secondary N) is 3. The molecule has 0 radical (unpaired) electrons. The van der Waals surface area contributed by atoms with Crippen LogP contribution in [0, 0.1) is 0 Å². The van der Waals surface area contributed by atoms with Crippen molar-refractivity contribution in [3.63, 3.8) is 0 Å². The van der Waals surface area contributed by atoms with Crippen molar-refractivity contribution in [2.24, 2.45) is 38.7 Å². The summed E-state index contributed by atoms with van der Waals surface area (Å²) in [5, 5.41) is 17.1. The lowest BCUT2D eigenvalue weighted by atomic mass is 10.1. The van der Waals surface area contributed by atoms with E-state index in [-0.39, 0.29) is 44.3 Å². The molecule has 0 aromatic heterocycles. The number of thioether (sulfide) groups is 1. The minimum absolute atomic E-state index is 0.0823. The summed E-state index contributed by atoms with van der Waals surface area (Å²) >= 11 is 1.45. The third-order valence-electron chi connectivity index (χ3n) is 4.80. The highest BCUT2D eigenvalue weighted by molar-refractivity contribution is 7.98. The molecule has 206 valence electrons.